The van der Waals surface area contributed by atoms with E-state index in [2.05, 4.69) is 0 Å². The predicted octanol–water partition coefficient (Wildman–Crippen LogP) is 4.50. The van der Waals surface area contributed by atoms with Crippen molar-refractivity contribution in [3.8, 4) is 16.9 Å². The molecule has 2 rings (SSSR count). The van der Waals surface area contributed by atoms with Crippen molar-refractivity contribution in [1.29, 1.82) is 0 Å². The fourth-order valence-corrected chi connectivity index (χ4v) is 2.21. The summed E-state index contributed by atoms with van der Waals surface area (Å²) in [7, 11) is 1.45. The highest BCUT2D eigenvalue weighted by atomic mass is 19.2. The van der Waals surface area contributed by atoms with Gasteiger partial charge in [-0.05, 0) is 31.0 Å². The highest BCUT2D eigenvalue weighted by Gasteiger charge is 2.21. The molecule has 0 aliphatic rings. The number of ether oxygens (including phenoxy) is 2. The third-order valence-corrected chi connectivity index (χ3v) is 3.37. The van der Waals surface area contributed by atoms with Gasteiger partial charge in [0, 0.05) is 18.2 Å². The van der Waals surface area contributed by atoms with Crippen LogP contribution in [0.15, 0.2) is 24.3 Å². The number of hydrogen-bond donors (Lipinski definition) is 0. The Labute approximate surface area is 131 Å². The van der Waals surface area contributed by atoms with Gasteiger partial charge < -0.3 is 9.47 Å². The van der Waals surface area contributed by atoms with Crippen LogP contribution >= 0.6 is 0 Å². The predicted molar refractivity (Wildman–Crippen MR) is 78.5 cm³/mol. The summed E-state index contributed by atoms with van der Waals surface area (Å²) in [5.74, 6) is -5.09. The van der Waals surface area contributed by atoms with Gasteiger partial charge in [0.05, 0.1) is 13.2 Å². The SMILES string of the molecule is CCOc1ccc(-c2ccc(CCOC)c(F)c2F)c(F)c1F. The molecule has 23 heavy (non-hydrogen) atoms. The maximum absolute atomic E-state index is 14.2. The van der Waals surface area contributed by atoms with Crippen LogP contribution in [-0.4, -0.2) is 20.3 Å². The molecule has 6 heteroatoms. The lowest BCUT2D eigenvalue weighted by atomic mass is 10.0. The third-order valence-electron chi connectivity index (χ3n) is 3.37. The van der Waals surface area contributed by atoms with Crippen LogP contribution in [0, 0.1) is 23.3 Å². The molecule has 0 atom stereocenters. The quantitative estimate of drug-likeness (QED) is 0.727. The minimum absolute atomic E-state index is 0.111. The Bertz CT molecular complexity index is 701. The molecule has 2 nitrogen and oxygen atoms in total. The van der Waals surface area contributed by atoms with E-state index in [9.17, 15) is 17.6 Å². The van der Waals surface area contributed by atoms with Crippen molar-refractivity contribution < 1.29 is 27.0 Å². The molecule has 2 aromatic carbocycles. The molecule has 0 aliphatic carbocycles. The largest absolute Gasteiger partial charge is 0.491 e. The maximum Gasteiger partial charge on any atom is 0.201 e. The summed E-state index contributed by atoms with van der Waals surface area (Å²) in [6.07, 6.45) is 0.180. The van der Waals surface area contributed by atoms with E-state index < -0.39 is 23.3 Å². The molecule has 0 spiro atoms. The summed E-state index contributed by atoms with van der Waals surface area (Å²) < 4.78 is 66.0. The van der Waals surface area contributed by atoms with Crippen molar-refractivity contribution in [3.05, 3.63) is 53.1 Å². The summed E-state index contributed by atoms with van der Waals surface area (Å²) in [6.45, 7) is 2.01. The first-order valence-corrected chi connectivity index (χ1v) is 7.08. The summed E-state index contributed by atoms with van der Waals surface area (Å²) in [4.78, 5) is 0. The van der Waals surface area contributed by atoms with Gasteiger partial charge in [0.25, 0.3) is 0 Å². The smallest absolute Gasteiger partial charge is 0.201 e. The second-order valence-corrected chi connectivity index (χ2v) is 4.82. The van der Waals surface area contributed by atoms with Crippen LogP contribution < -0.4 is 4.74 Å². The molecule has 0 radical (unpaired) electrons. The standard InChI is InChI=1S/C17H16F4O2/c1-3-23-13-7-6-12(16(20)17(13)21)11-5-4-10(8-9-22-2)14(18)15(11)19/h4-7H,3,8-9H2,1-2H3. The zero-order chi connectivity index (χ0) is 17.0. The highest BCUT2D eigenvalue weighted by molar-refractivity contribution is 5.66. The van der Waals surface area contributed by atoms with Gasteiger partial charge in [-0.3, -0.25) is 0 Å². The number of methoxy groups -OCH3 is 1. The molecule has 0 amide bonds. The van der Waals surface area contributed by atoms with Crippen molar-refractivity contribution in [2.45, 2.75) is 13.3 Å². The lowest BCUT2D eigenvalue weighted by Crippen LogP contribution is -2.03. The van der Waals surface area contributed by atoms with Crippen molar-refractivity contribution in [2.75, 3.05) is 20.3 Å². The Hall–Kier alpha value is -2.08. The fraction of sp³-hybridized carbons (Fsp3) is 0.294. The molecular weight excluding hydrogens is 312 g/mol. The van der Waals surface area contributed by atoms with Crippen molar-refractivity contribution >= 4 is 0 Å². The average Bonchev–Trinajstić information content (AvgIpc) is 2.54. The van der Waals surface area contributed by atoms with E-state index >= 15 is 0 Å². The second-order valence-electron chi connectivity index (χ2n) is 4.82. The lowest BCUT2D eigenvalue weighted by molar-refractivity contribution is 0.201. The lowest BCUT2D eigenvalue weighted by Gasteiger charge is -2.11. The van der Waals surface area contributed by atoms with E-state index in [1.165, 1.54) is 25.3 Å². The van der Waals surface area contributed by atoms with E-state index in [-0.39, 0.29) is 42.1 Å². The van der Waals surface area contributed by atoms with Crippen LogP contribution in [-0.2, 0) is 11.2 Å². The van der Waals surface area contributed by atoms with Gasteiger partial charge in [0.2, 0.25) is 5.82 Å². The maximum atomic E-state index is 14.2. The summed E-state index contributed by atoms with van der Waals surface area (Å²) in [6, 6.07) is 4.91. The van der Waals surface area contributed by atoms with Crippen LogP contribution in [0.2, 0.25) is 0 Å². The number of halogens is 4. The van der Waals surface area contributed by atoms with Crippen LogP contribution in [0.5, 0.6) is 5.75 Å². The molecule has 2 aromatic rings. The normalized spacial score (nSPS) is 10.9. The van der Waals surface area contributed by atoms with E-state index in [1.54, 1.807) is 6.92 Å². The fourth-order valence-electron chi connectivity index (χ4n) is 2.21. The van der Waals surface area contributed by atoms with Gasteiger partial charge in [-0.2, -0.15) is 4.39 Å². The first-order chi connectivity index (χ1) is 11.0. The van der Waals surface area contributed by atoms with Gasteiger partial charge in [0.15, 0.2) is 23.2 Å². The van der Waals surface area contributed by atoms with Crippen molar-refractivity contribution in [3.63, 3.8) is 0 Å². The van der Waals surface area contributed by atoms with E-state index in [1.807, 2.05) is 0 Å². The zero-order valence-corrected chi connectivity index (χ0v) is 12.8. The Morgan fingerprint density at radius 2 is 1.43 bits per heavy atom. The third kappa shape index (κ3) is 3.47. The molecule has 0 fully saturated rings. The van der Waals surface area contributed by atoms with Crippen LogP contribution in [0.3, 0.4) is 0 Å². The van der Waals surface area contributed by atoms with E-state index in [0.717, 1.165) is 6.07 Å². The van der Waals surface area contributed by atoms with E-state index in [4.69, 9.17) is 9.47 Å². The topological polar surface area (TPSA) is 18.5 Å². The zero-order valence-electron chi connectivity index (χ0n) is 12.8. The molecule has 0 saturated heterocycles. The minimum Gasteiger partial charge on any atom is -0.491 e. The summed E-state index contributed by atoms with van der Waals surface area (Å²) in [5.41, 5.74) is -0.594. The van der Waals surface area contributed by atoms with Gasteiger partial charge in [0.1, 0.15) is 0 Å². The number of rotatable bonds is 6. The first-order valence-electron chi connectivity index (χ1n) is 7.08. The molecule has 124 valence electrons. The Morgan fingerprint density at radius 1 is 0.826 bits per heavy atom. The van der Waals surface area contributed by atoms with Crippen molar-refractivity contribution in [1.82, 2.24) is 0 Å². The second kappa shape index (κ2) is 7.46. The monoisotopic (exact) mass is 328 g/mol. The van der Waals surface area contributed by atoms with Crippen LogP contribution in [0.25, 0.3) is 11.1 Å². The Balaban J connectivity index is 2.47. The van der Waals surface area contributed by atoms with E-state index in [0.29, 0.717) is 0 Å². The van der Waals surface area contributed by atoms with Gasteiger partial charge >= 0.3 is 0 Å². The van der Waals surface area contributed by atoms with Crippen LogP contribution in [0.1, 0.15) is 12.5 Å². The average molecular weight is 328 g/mol. The highest BCUT2D eigenvalue weighted by Crippen LogP contribution is 2.33. The molecule has 0 bridgehead atoms. The van der Waals surface area contributed by atoms with Gasteiger partial charge in [-0.15, -0.1) is 0 Å². The number of hydrogen-bond acceptors (Lipinski definition) is 2. The molecule has 0 saturated carbocycles. The molecule has 0 N–H and O–H groups in total. The summed E-state index contributed by atoms with van der Waals surface area (Å²) >= 11 is 0. The van der Waals surface area contributed by atoms with Gasteiger partial charge in [-0.25, -0.2) is 13.2 Å². The number of benzene rings is 2. The minimum atomic E-state index is -1.28. The molecule has 0 heterocycles. The molecule has 0 aromatic heterocycles. The van der Waals surface area contributed by atoms with Crippen molar-refractivity contribution in [2.24, 2.45) is 0 Å². The Kier molecular flexibility index (Phi) is 5.60. The summed E-state index contributed by atoms with van der Waals surface area (Å²) in [5, 5.41) is 0. The molecule has 0 aliphatic heterocycles. The molecule has 0 unspecified atom stereocenters. The van der Waals surface area contributed by atoms with Crippen LogP contribution in [0.4, 0.5) is 17.6 Å². The molecular formula is C17H16F4O2. The van der Waals surface area contributed by atoms with Gasteiger partial charge in [-0.1, -0.05) is 12.1 Å². The first kappa shape index (κ1) is 17.3. The Morgan fingerprint density at radius 3 is 2.04 bits per heavy atom.